The predicted octanol–water partition coefficient (Wildman–Crippen LogP) is 0.810. The molecule has 0 radical (unpaired) electrons. The average Bonchev–Trinajstić information content (AvgIpc) is 2.62. The number of morpholine rings is 1. The van der Waals surface area contributed by atoms with Crippen molar-refractivity contribution in [3.63, 3.8) is 0 Å². The minimum absolute atomic E-state index is 0.178. The maximum atomic E-state index is 12.3. The molecule has 0 aliphatic carbocycles. The molecule has 0 atom stereocenters. The first-order valence-electron chi connectivity index (χ1n) is 7.33. The van der Waals surface area contributed by atoms with Gasteiger partial charge in [0, 0.05) is 43.8 Å². The number of rotatable bonds is 5. The van der Waals surface area contributed by atoms with Gasteiger partial charge in [-0.05, 0) is 23.8 Å². The molecule has 0 unspecified atom stereocenters. The van der Waals surface area contributed by atoms with Crippen LogP contribution in [0.4, 0.5) is 0 Å². The fourth-order valence-electron chi connectivity index (χ4n) is 2.39. The molecule has 1 aliphatic heterocycles. The Kier molecular flexibility index (Phi) is 4.97. The number of nitrogens with one attached hydrogen (secondary N) is 1. The molecule has 7 nitrogen and oxygen atoms in total. The van der Waals surface area contributed by atoms with E-state index in [1.165, 1.54) is 4.31 Å². The van der Waals surface area contributed by atoms with Crippen LogP contribution in [0.5, 0.6) is 0 Å². The van der Waals surface area contributed by atoms with E-state index in [0.29, 0.717) is 26.3 Å². The third-order valence-electron chi connectivity index (χ3n) is 3.58. The zero-order chi connectivity index (χ0) is 16.1. The summed E-state index contributed by atoms with van der Waals surface area (Å²) in [5.41, 5.74) is 2.39. The van der Waals surface area contributed by atoms with E-state index in [9.17, 15) is 8.42 Å². The standard InChI is InChI=1S/C15H18N4O3S/c20-23(21,19-7-9-22-10-8-19)18-12-14-4-2-6-17-15(14)13-3-1-5-16-11-13/h1-6,11,18H,7-10,12H2. The molecule has 1 saturated heterocycles. The van der Waals surface area contributed by atoms with E-state index in [2.05, 4.69) is 14.7 Å². The Morgan fingerprint density at radius 3 is 2.70 bits per heavy atom. The summed E-state index contributed by atoms with van der Waals surface area (Å²) >= 11 is 0. The van der Waals surface area contributed by atoms with Crippen molar-refractivity contribution in [2.75, 3.05) is 26.3 Å². The van der Waals surface area contributed by atoms with Gasteiger partial charge in [0.2, 0.25) is 0 Å². The van der Waals surface area contributed by atoms with Gasteiger partial charge < -0.3 is 4.74 Å². The monoisotopic (exact) mass is 334 g/mol. The fraction of sp³-hybridized carbons (Fsp3) is 0.333. The molecule has 3 heterocycles. The van der Waals surface area contributed by atoms with Gasteiger partial charge in [-0.3, -0.25) is 9.97 Å². The van der Waals surface area contributed by atoms with Crippen LogP contribution >= 0.6 is 0 Å². The molecule has 0 saturated carbocycles. The number of hydrogen-bond donors (Lipinski definition) is 1. The van der Waals surface area contributed by atoms with E-state index in [1.807, 2.05) is 18.2 Å². The maximum Gasteiger partial charge on any atom is 0.279 e. The van der Waals surface area contributed by atoms with Crippen LogP contribution in [-0.4, -0.2) is 49.0 Å². The largest absolute Gasteiger partial charge is 0.379 e. The van der Waals surface area contributed by atoms with Gasteiger partial charge in [-0.25, -0.2) is 0 Å². The van der Waals surface area contributed by atoms with Crippen LogP contribution in [0.3, 0.4) is 0 Å². The lowest BCUT2D eigenvalue weighted by molar-refractivity contribution is 0.0725. The summed E-state index contributed by atoms with van der Waals surface area (Å²) in [6.45, 7) is 1.77. The minimum Gasteiger partial charge on any atom is -0.379 e. The van der Waals surface area contributed by atoms with Crippen molar-refractivity contribution in [2.45, 2.75) is 6.54 Å². The van der Waals surface area contributed by atoms with Gasteiger partial charge in [-0.2, -0.15) is 17.4 Å². The Morgan fingerprint density at radius 1 is 1.17 bits per heavy atom. The fourth-order valence-corrected chi connectivity index (χ4v) is 3.54. The Morgan fingerprint density at radius 2 is 1.96 bits per heavy atom. The molecule has 0 spiro atoms. The van der Waals surface area contributed by atoms with Crippen molar-refractivity contribution in [2.24, 2.45) is 0 Å². The topological polar surface area (TPSA) is 84.4 Å². The molecule has 0 amide bonds. The molecule has 0 bridgehead atoms. The van der Waals surface area contributed by atoms with Crippen molar-refractivity contribution < 1.29 is 13.2 Å². The number of pyridine rings is 2. The first-order chi connectivity index (χ1) is 11.2. The Balaban J connectivity index is 1.76. The summed E-state index contributed by atoms with van der Waals surface area (Å²) in [6, 6.07) is 7.37. The molecule has 1 fully saturated rings. The van der Waals surface area contributed by atoms with Crippen molar-refractivity contribution in [3.05, 3.63) is 48.4 Å². The zero-order valence-electron chi connectivity index (χ0n) is 12.6. The highest BCUT2D eigenvalue weighted by atomic mass is 32.2. The quantitative estimate of drug-likeness (QED) is 0.875. The van der Waals surface area contributed by atoms with Crippen LogP contribution in [-0.2, 0) is 21.5 Å². The highest BCUT2D eigenvalue weighted by molar-refractivity contribution is 7.87. The third kappa shape index (κ3) is 3.91. The molecular formula is C15H18N4O3S. The van der Waals surface area contributed by atoms with E-state index in [1.54, 1.807) is 24.7 Å². The second-order valence-corrected chi connectivity index (χ2v) is 6.85. The molecule has 122 valence electrons. The van der Waals surface area contributed by atoms with E-state index in [4.69, 9.17) is 4.74 Å². The molecule has 2 aromatic heterocycles. The van der Waals surface area contributed by atoms with Crippen LogP contribution in [0.1, 0.15) is 5.56 Å². The molecular weight excluding hydrogens is 316 g/mol. The molecule has 2 aromatic rings. The second-order valence-electron chi connectivity index (χ2n) is 5.09. The number of nitrogens with zero attached hydrogens (tertiary/aromatic N) is 3. The molecule has 1 aliphatic rings. The average molecular weight is 334 g/mol. The maximum absolute atomic E-state index is 12.3. The van der Waals surface area contributed by atoms with Crippen LogP contribution < -0.4 is 4.72 Å². The van der Waals surface area contributed by atoms with Gasteiger partial charge >= 0.3 is 0 Å². The van der Waals surface area contributed by atoms with Crippen LogP contribution in [0, 0.1) is 0 Å². The lowest BCUT2D eigenvalue weighted by Gasteiger charge is -2.26. The summed E-state index contributed by atoms with van der Waals surface area (Å²) in [4.78, 5) is 8.44. The van der Waals surface area contributed by atoms with Gasteiger partial charge in [0.15, 0.2) is 0 Å². The van der Waals surface area contributed by atoms with Gasteiger partial charge in [0.05, 0.1) is 18.9 Å². The zero-order valence-corrected chi connectivity index (χ0v) is 13.4. The minimum atomic E-state index is -3.52. The van der Waals surface area contributed by atoms with Crippen LogP contribution in [0.25, 0.3) is 11.3 Å². The van der Waals surface area contributed by atoms with Crippen molar-refractivity contribution in [3.8, 4) is 11.3 Å². The van der Waals surface area contributed by atoms with E-state index < -0.39 is 10.2 Å². The number of ether oxygens (including phenoxy) is 1. The number of aromatic nitrogens is 2. The second kappa shape index (κ2) is 7.14. The SMILES string of the molecule is O=S(=O)(NCc1cccnc1-c1cccnc1)N1CCOCC1. The molecule has 8 heteroatoms. The highest BCUT2D eigenvalue weighted by Gasteiger charge is 2.24. The lowest BCUT2D eigenvalue weighted by Crippen LogP contribution is -2.46. The molecule has 23 heavy (non-hydrogen) atoms. The first kappa shape index (κ1) is 16.0. The summed E-state index contributed by atoms with van der Waals surface area (Å²) in [6.07, 6.45) is 5.08. The van der Waals surface area contributed by atoms with E-state index >= 15 is 0 Å². The van der Waals surface area contributed by atoms with Crippen molar-refractivity contribution >= 4 is 10.2 Å². The Labute approximate surface area is 135 Å². The van der Waals surface area contributed by atoms with Gasteiger partial charge in [-0.1, -0.05) is 6.07 Å². The van der Waals surface area contributed by atoms with Crippen LogP contribution in [0.2, 0.25) is 0 Å². The predicted molar refractivity (Wildman–Crippen MR) is 85.6 cm³/mol. The smallest absolute Gasteiger partial charge is 0.279 e. The lowest BCUT2D eigenvalue weighted by atomic mass is 10.1. The Hall–Kier alpha value is -1.87. The molecule has 0 aromatic carbocycles. The van der Waals surface area contributed by atoms with E-state index in [-0.39, 0.29) is 6.54 Å². The molecule has 3 rings (SSSR count). The van der Waals surface area contributed by atoms with E-state index in [0.717, 1.165) is 16.8 Å². The summed E-state index contributed by atoms with van der Waals surface area (Å²) in [5.74, 6) is 0. The van der Waals surface area contributed by atoms with Crippen molar-refractivity contribution in [1.82, 2.24) is 19.0 Å². The Bertz CT molecular complexity index is 746. The summed E-state index contributed by atoms with van der Waals surface area (Å²) in [7, 11) is -3.52. The first-order valence-corrected chi connectivity index (χ1v) is 8.77. The van der Waals surface area contributed by atoms with Gasteiger partial charge in [0.1, 0.15) is 0 Å². The normalized spacial score (nSPS) is 16.3. The third-order valence-corrected chi connectivity index (χ3v) is 5.14. The summed E-state index contributed by atoms with van der Waals surface area (Å²) < 4.78 is 33.9. The molecule has 1 N–H and O–H groups in total. The number of hydrogen-bond acceptors (Lipinski definition) is 5. The van der Waals surface area contributed by atoms with Crippen molar-refractivity contribution in [1.29, 1.82) is 0 Å². The van der Waals surface area contributed by atoms with Gasteiger partial charge in [0.25, 0.3) is 10.2 Å². The van der Waals surface area contributed by atoms with Crippen LogP contribution in [0.15, 0.2) is 42.9 Å². The van der Waals surface area contributed by atoms with Gasteiger partial charge in [-0.15, -0.1) is 0 Å². The summed E-state index contributed by atoms with van der Waals surface area (Å²) in [5, 5.41) is 0. The highest BCUT2D eigenvalue weighted by Crippen LogP contribution is 2.20.